The summed E-state index contributed by atoms with van der Waals surface area (Å²) in [5.74, 6) is -1.51. The van der Waals surface area contributed by atoms with Crippen LogP contribution in [0.3, 0.4) is 0 Å². The molecule has 0 heterocycles. The SMILES string of the molecule is O=C(C=Cc1ccccc1)OC(=O)/C=C/c1ccccc1O. The van der Waals surface area contributed by atoms with Gasteiger partial charge < -0.3 is 9.84 Å². The maximum Gasteiger partial charge on any atom is 0.338 e. The summed E-state index contributed by atoms with van der Waals surface area (Å²) in [5, 5.41) is 9.53. The normalized spacial score (nSPS) is 10.9. The Bertz CT molecular complexity index is 715. The Labute approximate surface area is 128 Å². The van der Waals surface area contributed by atoms with E-state index in [0.29, 0.717) is 5.56 Å². The van der Waals surface area contributed by atoms with E-state index >= 15 is 0 Å². The summed E-state index contributed by atoms with van der Waals surface area (Å²) in [6, 6.07) is 15.7. The number of para-hydroxylation sites is 1. The molecule has 1 N–H and O–H groups in total. The smallest absolute Gasteiger partial charge is 0.338 e. The zero-order valence-corrected chi connectivity index (χ0v) is 11.7. The Kier molecular flexibility index (Phi) is 5.26. The summed E-state index contributed by atoms with van der Waals surface area (Å²) in [7, 11) is 0. The number of aromatic hydroxyl groups is 1. The standard InChI is InChI=1S/C18H14O4/c19-16-9-5-4-8-15(16)11-13-18(21)22-17(20)12-10-14-6-2-1-3-7-14/h1-13,19H/b12-10?,13-11+. The van der Waals surface area contributed by atoms with Crippen molar-refractivity contribution in [1.82, 2.24) is 0 Å². The van der Waals surface area contributed by atoms with Crippen LogP contribution >= 0.6 is 0 Å². The van der Waals surface area contributed by atoms with Crippen LogP contribution in [0.15, 0.2) is 66.7 Å². The number of benzene rings is 2. The molecule has 0 aliphatic heterocycles. The number of ether oxygens (including phenoxy) is 1. The third kappa shape index (κ3) is 4.76. The minimum absolute atomic E-state index is 0.0434. The van der Waals surface area contributed by atoms with Gasteiger partial charge in [-0.05, 0) is 23.8 Å². The third-order valence-corrected chi connectivity index (χ3v) is 2.75. The highest BCUT2D eigenvalue weighted by Gasteiger charge is 2.04. The number of rotatable bonds is 4. The predicted molar refractivity (Wildman–Crippen MR) is 83.7 cm³/mol. The number of carbonyl (C=O) groups is 2. The third-order valence-electron chi connectivity index (χ3n) is 2.75. The van der Waals surface area contributed by atoms with Gasteiger partial charge in [-0.3, -0.25) is 0 Å². The second kappa shape index (κ2) is 7.59. The topological polar surface area (TPSA) is 63.6 Å². The Morgan fingerprint density at radius 3 is 2.09 bits per heavy atom. The second-order valence-electron chi connectivity index (χ2n) is 4.38. The molecule has 110 valence electrons. The highest BCUT2D eigenvalue weighted by molar-refractivity contribution is 5.99. The lowest BCUT2D eigenvalue weighted by molar-refractivity contribution is -0.152. The van der Waals surface area contributed by atoms with Crippen molar-refractivity contribution in [3.63, 3.8) is 0 Å². The highest BCUT2D eigenvalue weighted by Crippen LogP contribution is 2.16. The van der Waals surface area contributed by atoms with Crippen molar-refractivity contribution in [2.75, 3.05) is 0 Å². The molecular formula is C18H14O4. The fourth-order valence-corrected chi connectivity index (χ4v) is 1.68. The summed E-state index contributed by atoms with van der Waals surface area (Å²) >= 11 is 0. The molecule has 0 aliphatic rings. The summed E-state index contributed by atoms with van der Waals surface area (Å²) in [6.45, 7) is 0. The molecule has 0 spiro atoms. The molecule has 2 aromatic carbocycles. The average Bonchev–Trinajstić information content (AvgIpc) is 2.53. The van der Waals surface area contributed by atoms with Crippen LogP contribution in [0.2, 0.25) is 0 Å². The van der Waals surface area contributed by atoms with Crippen molar-refractivity contribution in [3.8, 4) is 5.75 Å². The number of phenols is 1. The molecule has 0 saturated carbocycles. The molecule has 2 rings (SSSR count). The van der Waals surface area contributed by atoms with Gasteiger partial charge >= 0.3 is 11.9 Å². The van der Waals surface area contributed by atoms with Crippen LogP contribution in [0.1, 0.15) is 11.1 Å². The number of carbonyl (C=O) groups excluding carboxylic acids is 2. The van der Waals surface area contributed by atoms with E-state index in [-0.39, 0.29) is 5.75 Å². The number of esters is 2. The van der Waals surface area contributed by atoms with E-state index < -0.39 is 11.9 Å². The Hall–Kier alpha value is -3.14. The lowest BCUT2D eigenvalue weighted by atomic mass is 10.2. The van der Waals surface area contributed by atoms with Crippen LogP contribution in [-0.4, -0.2) is 17.0 Å². The van der Waals surface area contributed by atoms with Gasteiger partial charge in [0.05, 0.1) is 0 Å². The number of hydrogen-bond acceptors (Lipinski definition) is 4. The molecule has 2 aromatic rings. The van der Waals surface area contributed by atoms with Crippen LogP contribution in [0, 0.1) is 0 Å². The number of phenolic OH excluding ortho intramolecular Hbond substituents is 1. The molecule has 0 radical (unpaired) electrons. The number of hydrogen-bond donors (Lipinski definition) is 1. The van der Waals surface area contributed by atoms with E-state index in [1.54, 1.807) is 24.3 Å². The van der Waals surface area contributed by atoms with Gasteiger partial charge in [0.1, 0.15) is 5.75 Å². The molecule has 0 amide bonds. The molecule has 0 aromatic heterocycles. The van der Waals surface area contributed by atoms with Crippen LogP contribution in [0.4, 0.5) is 0 Å². The maximum atomic E-state index is 11.5. The highest BCUT2D eigenvalue weighted by atomic mass is 16.6. The summed E-state index contributed by atoms with van der Waals surface area (Å²) in [6.07, 6.45) is 5.21. The van der Waals surface area contributed by atoms with Gasteiger partial charge in [0.25, 0.3) is 0 Å². The maximum absolute atomic E-state index is 11.5. The van der Waals surface area contributed by atoms with Crippen molar-refractivity contribution >= 4 is 24.1 Å². The molecule has 0 saturated heterocycles. The van der Waals surface area contributed by atoms with E-state index in [1.165, 1.54) is 18.2 Å². The van der Waals surface area contributed by atoms with Gasteiger partial charge in [-0.15, -0.1) is 0 Å². The largest absolute Gasteiger partial charge is 0.507 e. The average molecular weight is 294 g/mol. The summed E-state index contributed by atoms with van der Waals surface area (Å²) in [4.78, 5) is 23.0. The first kappa shape index (κ1) is 15.3. The van der Waals surface area contributed by atoms with Crippen LogP contribution < -0.4 is 0 Å². The first-order chi connectivity index (χ1) is 10.6. The molecule has 4 heteroatoms. The van der Waals surface area contributed by atoms with E-state index in [4.69, 9.17) is 0 Å². The monoisotopic (exact) mass is 294 g/mol. The summed E-state index contributed by atoms with van der Waals surface area (Å²) < 4.78 is 4.60. The molecule has 4 nitrogen and oxygen atoms in total. The zero-order chi connectivity index (χ0) is 15.8. The van der Waals surface area contributed by atoms with Gasteiger partial charge in [-0.25, -0.2) is 9.59 Å². The molecule has 0 unspecified atom stereocenters. The van der Waals surface area contributed by atoms with Crippen molar-refractivity contribution < 1.29 is 19.4 Å². The van der Waals surface area contributed by atoms with E-state index in [9.17, 15) is 14.7 Å². The lowest BCUT2D eigenvalue weighted by Crippen LogP contribution is -2.06. The van der Waals surface area contributed by atoms with E-state index in [0.717, 1.165) is 11.6 Å². The predicted octanol–water partition coefficient (Wildman–Crippen LogP) is 3.19. The Balaban J connectivity index is 1.90. The Morgan fingerprint density at radius 2 is 1.41 bits per heavy atom. The first-order valence-corrected chi connectivity index (χ1v) is 6.60. The van der Waals surface area contributed by atoms with Crippen molar-refractivity contribution in [2.45, 2.75) is 0 Å². The van der Waals surface area contributed by atoms with Gasteiger partial charge in [0.15, 0.2) is 0 Å². The molecule has 0 fully saturated rings. The quantitative estimate of drug-likeness (QED) is 0.534. The van der Waals surface area contributed by atoms with Crippen LogP contribution in [-0.2, 0) is 14.3 Å². The summed E-state index contributed by atoms with van der Waals surface area (Å²) in [5.41, 5.74) is 1.29. The minimum atomic E-state index is -0.800. The zero-order valence-electron chi connectivity index (χ0n) is 11.7. The van der Waals surface area contributed by atoms with E-state index in [1.807, 2.05) is 30.3 Å². The molecule has 0 aliphatic carbocycles. The first-order valence-electron chi connectivity index (χ1n) is 6.60. The molecule has 0 atom stereocenters. The van der Waals surface area contributed by atoms with Crippen LogP contribution in [0.5, 0.6) is 5.75 Å². The van der Waals surface area contributed by atoms with Gasteiger partial charge in [-0.1, -0.05) is 48.5 Å². The van der Waals surface area contributed by atoms with Gasteiger partial charge in [0, 0.05) is 17.7 Å². The van der Waals surface area contributed by atoms with Gasteiger partial charge in [0.2, 0.25) is 0 Å². The second-order valence-corrected chi connectivity index (χ2v) is 4.38. The minimum Gasteiger partial charge on any atom is -0.507 e. The lowest BCUT2D eigenvalue weighted by Gasteiger charge is -1.97. The molecule has 0 bridgehead atoms. The van der Waals surface area contributed by atoms with E-state index in [2.05, 4.69) is 4.74 Å². The Morgan fingerprint density at radius 1 is 0.818 bits per heavy atom. The molecular weight excluding hydrogens is 280 g/mol. The van der Waals surface area contributed by atoms with Crippen molar-refractivity contribution in [1.29, 1.82) is 0 Å². The molecule has 22 heavy (non-hydrogen) atoms. The fraction of sp³-hybridized carbons (Fsp3) is 0. The van der Waals surface area contributed by atoms with Crippen molar-refractivity contribution in [2.24, 2.45) is 0 Å². The van der Waals surface area contributed by atoms with Crippen molar-refractivity contribution in [3.05, 3.63) is 77.9 Å². The fourth-order valence-electron chi connectivity index (χ4n) is 1.68. The van der Waals surface area contributed by atoms with Crippen LogP contribution in [0.25, 0.3) is 12.2 Å². The van der Waals surface area contributed by atoms with Gasteiger partial charge in [-0.2, -0.15) is 0 Å².